The summed E-state index contributed by atoms with van der Waals surface area (Å²) < 4.78 is 5.72. The Hall–Kier alpha value is -1.24. The summed E-state index contributed by atoms with van der Waals surface area (Å²) in [7, 11) is 0. The number of amides is 1. The molecule has 1 fully saturated rings. The topological polar surface area (TPSA) is 51.2 Å². The van der Waals surface area contributed by atoms with Gasteiger partial charge in [-0.05, 0) is 31.9 Å². The van der Waals surface area contributed by atoms with Crippen LogP contribution in [-0.4, -0.2) is 17.5 Å². The number of thiophene rings is 1. The van der Waals surface area contributed by atoms with Crippen LogP contribution >= 0.6 is 22.7 Å². The molecule has 0 spiro atoms. The first-order valence-corrected chi connectivity index (χ1v) is 8.69. The molecule has 112 valence electrons. The summed E-state index contributed by atoms with van der Waals surface area (Å²) in [5.41, 5.74) is 1.06. The highest BCUT2D eigenvalue weighted by molar-refractivity contribution is 7.16. The molecule has 1 N–H and O–H groups in total. The van der Waals surface area contributed by atoms with Gasteiger partial charge in [0.1, 0.15) is 11.1 Å². The third kappa shape index (κ3) is 3.33. The molecular weight excluding hydrogens is 304 g/mol. The lowest BCUT2D eigenvalue weighted by Crippen LogP contribution is -2.17. The van der Waals surface area contributed by atoms with E-state index in [-0.39, 0.29) is 12.0 Å². The molecule has 1 atom stereocenters. The minimum Gasteiger partial charge on any atom is -0.371 e. The van der Waals surface area contributed by atoms with E-state index < -0.39 is 0 Å². The van der Waals surface area contributed by atoms with E-state index in [4.69, 9.17) is 9.72 Å². The van der Waals surface area contributed by atoms with Crippen molar-refractivity contribution in [2.75, 3.05) is 6.61 Å². The van der Waals surface area contributed by atoms with Crippen LogP contribution in [0.25, 0.3) is 10.6 Å². The number of hydrogen-bond acceptors (Lipinski definition) is 5. The van der Waals surface area contributed by atoms with Crippen molar-refractivity contribution in [3.63, 3.8) is 0 Å². The number of aromatic nitrogens is 1. The number of rotatable bonds is 4. The second-order valence-electron chi connectivity index (χ2n) is 5.13. The molecule has 3 heterocycles. The number of carbonyl (C=O) groups excluding carboxylic acids is 1. The van der Waals surface area contributed by atoms with E-state index in [1.54, 1.807) is 22.7 Å². The minimum atomic E-state index is -0.00421. The third-order valence-corrected chi connectivity index (χ3v) is 5.58. The zero-order valence-electron chi connectivity index (χ0n) is 12.1. The Kier molecular flexibility index (Phi) is 4.37. The normalized spacial score (nSPS) is 18.1. The van der Waals surface area contributed by atoms with Gasteiger partial charge in [-0.15, -0.1) is 22.7 Å². The summed E-state index contributed by atoms with van der Waals surface area (Å²) in [4.78, 5) is 19.3. The Morgan fingerprint density at radius 2 is 2.33 bits per heavy atom. The van der Waals surface area contributed by atoms with Crippen LogP contribution < -0.4 is 5.32 Å². The van der Waals surface area contributed by atoms with E-state index in [9.17, 15) is 4.79 Å². The van der Waals surface area contributed by atoms with Gasteiger partial charge in [0.2, 0.25) is 5.91 Å². The van der Waals surface area contributed by atoms with Crippen LogP contribution in [0.5, 0.6) is 0 Å². The fourth-order valence-corrected chi connectivity index (χ4v) is 4.45. The molecular formula is C15H18N2O2S2. The standard InChI is InChI=1S/C15H18N2O2S2/c1-9-14(17-15(20-9)12-4-3-7-19-12)13-6-5-11(21-13)8-16-10(2)18/h5-6,12H,3-4,7-8H2,1-2H3,(H,16,18). The lowest BCUT2D eigenvalue weighted by molar-refractivity contribution is -0.119. The van der Waals surface area contributed by atoms with E-state index in [1.807, 2.05) is 0 Å². The van der Waals surface area contributed by atoms with Crippen molar-refractivity contribution in [2.24, 2.45) is 0 Å². The molecule has 2 aromatic heterocycles. The summed E-state index contributed by atoms with van der Waals surface area (Å²) in [6.45, 7) is 5.08. The fraction of sp³-hybridized carbons (Fsp3) is 0.467. The minimum absolute atomic E-state index is 0.00421. The van der Waals surface area contributed by atoms with Gasteiger partial charge in [-0.2, -0.15) is 0 Å². The molecule has 1 saturated heterocycles. The number of ether oxygens (including phenoxy) is 1. The van der Waals surface area contributed by atoms with Crippen molar-refractivity contribution in [1.82, 2.24) is 10.3 Å². The van der Waals surface area contributed by atoms with Crippen LogP contribution in [0, 0.1) is 6.92 Å². The van der Waals surface area contributed by atoms with Crippen LogP contribution in [0.1, 0.15) is 40.6 Å². The Morgan fingerprint density at radius 3 is 3.05 bits per heavy atom. The van der Waals surface area contributed by atoms with Crippen LogP contribution in [0.4, 0.5) is 0 Å². The van der Waals surface area contributed by atoms with Gasteiger partial charge in [0.25, 0.3) is 0 Å². The van der Waals surface area contributed by atoms with E-state index in [1.165, 1.54) is 11.8 Å². The molecule has 1 aliphatic heterocycles. The van der Waals surface area contributed by atoms with Gasteiger partial charge in [0.15, 0.2) is 0 Å². The largest absolute Gasteiger partial charge is 0.371 e. The molecule has 3 rings (SSSR count). The maximum Gasteiger partial charge on any atom is 0.217 e. The fourth-order valence-electron chi connectivity index (χ4n) is 2.37. The molecule has 1 amide bonds. The highest BCUT2D eigenvalue weighted by atomic mass is 32.1. The Morgan fingerprint density at radius 1 is 1.48 bits per heavy atom. The van der Waals surface area contributed by atoms with Gasteiger partial charge in [-0.1, -0.05) is 0 Å². The molecule has 6 heteroatoms. The lowest BCUT2D eigenvalue weighted by Gasteiger charge is -2.03. The number of thiazole rings is 1. The van der Waals surface area contributed by atoms with Crippen molar-refractivity contribution >= 4 is 28.6 Å². The smallest absolute Gasteiger partial charge is 0.217 e. The highest BCUT2D eigenvalue weighted by Gasteiger charge is 2.23. The second-order valence-corrected chi connectivity index (χ2v) is 7.54. The lowest BCUT2D eigenvalue weighted by atomic mass is 10.2. The van der Waals surface area contributed by atoms with Crippen LogP contribution in [-0.2, 0) is 16.1 Å². The maximum atomic E-state index is 11.0. The molecule has 0 aromatic carbocycles. The molecule has 21 heavy (non-hydrogen) atoms. The Labute approximate surface area is 132 Å². The monoisotopic (exact) mass is 322 g/mol. The average Bonchev–Trinajstić information content (AvgIpc) is 3.16. The van der Waals surface area contributed by atoms with Crippen molar-refractivity contribution in [2.45, 2.75) is 39.3 Å². The average molecular weight is 322 g/mol. The predicted octanol–water partition coefficient (Wildman–Crippen LogP) is 3.67. The van der Waals surface area contributed by atoms with Crippen molar-refractivity contribution in [3.8, 4) is 10.6 Å². The number of nitrogens with zero attached hydrogens (tertiary/aromatic N) is 1. The van der Waals surface area contributed by atoms with Crippen LogP contribution in [0.3, 0.4) is 0 Å². The molecule has 2 aromatic rings. The summed E-state index contributed by atoms with van der Waals surface area (Å²) in [6, 6.07) is 4.14. The zero-order valence-corrected chi connectivity index (χ0v) is 13.8. The van der Waals surface area contributed by atoms with Crippen LogP contribution in [0.15, 0.2) is 12.1 Å². The van der Waals surface area contributed by atoms with E-state index >= 15 is 0 Å². The van der Waals surface area contributed by atoms with E-state index in [2.05, 4.69) is 24.4 Å². The van der Waals surface area contributed by atoms with Gasteiger partial charge in [-0.25, -0.2) is 4.98 Å². The van der Waals surface area contributed by atoms with Crippen molar-refractivity contribution in [1.29, 1.82) is 0 Å². The first kappa shape index (κ1) is 14.7. The number of carbonyl (C=O) groups is 1. The maximum absolute atomic E-state index is 11.0. The summed E-state index contributed by atoms with van der Waals surface area (Å²) in [5.74, 6) is -0.00421. The highest BCUT2D eigenvalue weighted by Crippen LogP contribution is 2.38. The van der Waals surface area contributed by atoms with Gasteiger partial charge in [-0.3, -0.25) is 4.79 Å². The number of hydrogen-bond donors (Lipinski definition) is 1. The summed E-state index contributed by atoms with van der Waals surface area (Å²) >= 11 is 3.42. The summed E-state index contributed by atoms with van der Waals surface area (Å²) in [5, 5.41) is 3.92. The molecule has 4 nitrogen and oxygen atoms in total. The van der Waals surface area contributed by atoms with E-state index in [0.717, 1.165) is 39.9 Å². The molecule has 0 radical (unpaired) electrons. The molecule has 1 aliphatic rings. The van der Waals surface area contributed by atoms with Crippen molar-refractivity contribution < 1.29 is 9.53 Å². The van der Waals surface area contributed by atoms with Crippen molar-refractivity contribution in [3.05, 3.63) is 26.9 Å². The predicted molar refractivity (Wildman–Crippen MR) is 85.6 cm³/mol. The van der Waals surface area contributed by atoms with Gasteiger partial charge < -0.3 is 10.1 Å². The SMILES string of the molecule is CC(=O)NCc1ccc(-c2nc(C3CCCO3)sc2C)s1. The van der Waals surface area contributed by atoms with E-state index in [0.29, 0.717) is 6.54 Å². The molecule has 0 saturated carbocycles. The molecule has 0 bridgehead atoms. The quantitative estimate of drug-likeness (QED) is 0.934. The number of nitrogens with one attached hydrogen (secondary N) is 1. The first-order valence-electron chi connectivity index (χ1n) is 7.06. The third-order valence-electron chi connectivity index (χ3n) is 3.42. The number of aryl methyl sites for hydroxylation is 1. The van der Waals surface area contributed by atoms with Gasteiger partial charge in [0, 0.05) is 23.3 Å². The van der Waals surface area contributed by atoms with Crippen LogP contribution in [0.2, 0.25) is 0 Å². The summed E-state index contributed by atoms with van der Waals surface area (Å²) in [6.07, 6.45) is 2.38. The molecule has 0 aliphatic carbocycles. The molecule has 1 unspecified atom stereocenters. The Bertz CT molecular complexity index is 642. The second kappa shape index (κ2) is 6.25. The van der Waals surface area contributed by atoms with Gasteiger partial charge in [0.05, 0.1) is 17.1 Å². The Balaban J connectivity index is 1.78. The van der Waals surface area contributed by atoms with Gasteiger partial charge >= 0.3 is 0 Å². The first-order chi connectivity index (χ1) is 10.1. The zero-order chi connectivity index (χ0) is 14.8.